The predicted molar refractivity (Wildman–Crippen MR) is 79.6 cm³/mol. The van der Waals surface area contributed by atoms with E-state index in [1.807, 2.05) is 0 Å². The molecule has 0 unspecified atom stereocenters. The Morgan fingerprint density at radius 1 is 1.17 bits per heavy atom. The van der Waals surface area contributed by atoms with Crippen molar-refractivity contribution in [2.75, 3.05) is 19.8 Å². The largest absolute Gasteiger partial charge is 0.491 e. The van der Waals surface area contributed by atoms with Crippen molar-refractivity contribution in [3.63, 3.8) is 0 Å². The summed E-state index contributed by atoms with van der Waals surface area (Å²) >= 11 is 3.48. The van der Waals surface area contributed by atoms with Crippen LogP contribution in [0.5, 0.6) is 5.75 Å². The van der Waals surface area contributed by atoms with Crippen molar-refractivity contribution in [1.82, 2.24) is 0 Å². The topological polar surface area (TPSA) is 18.5 Å². The average Bonchev–Trinajstić information content (AvgIpc) is 2.34. The Bertz CT molecular complexity index is 350. The fourth-order valence-corrected chi connectivity index (χ4v) is 2.09. The molecule has 3 heteroatoms. The number of rotatable bonds is 8. The molecule has 18 heavy (non-hydrogen) atoms. The summed E-state index contributed by atoms with van der Waals surface area (Å²) in [5.74, 6) is 1.68. The van der Waals surface area contributed by atoms with E-state index in [9.17, 15) is 0 Å². The molecule has 0 atom stereocenters. The number of aryl methyl sites for hydroxylation is 1. The van der Waals surface area contributed by atoms with Crippen LogP contribution < -0.4 is 4.74 Å². The minimum atomic E-state index is 0.614. The molecule has 1 rings (SSSR count). The number of halogens is 1. The van der Waals surface area contributed by atoms with Gasteiger partial charge in [0.2, 0.25) is 0 Å². The maximum atomic E-state index is 5.81. The third-order valence-corrected chi connectivity index (χ3v) is 3.36. The summed E-state index contributed by atoms with van der Waals surface area (Å²) < 4.78 is 11.4. The molecule has 0 fully saturated rings. The molecule has 102 valence electrons. The van der Waals surface area contributed by atoms with Gasteiger partial charge in [0.05, 0.1) is 6.61 Å². The van der Waals surface area contributed by atoms with Crippen molar-refractivity contribution in [2.45, 2.75) is 32.5 Å². The van der Waals surface area contributed by atoms with Gasteiger partial charge in [0.1, 0.15) is 12.4 Å². The summed E-state index contributed by atoms with van der Waals surface area (Å²) in [4.78, 5) is 0. The molecular formula is C15H23BrO2. The van der Waals surface area contributed by atoms with Gasteiger partial charge in [-0.1, -0.05) is 48.0 Å². The highest BCUT2D eigenvalue weighted by atomic mass is 79.9. The first-order valence-corrected chi connectivity index (χ1v) is 7.62. The highest BCUT2D eigenvalue weighted by molar-refractivity contribution is 9.08. The molecule has 2 nitrogen and oxygen atoms in total. The van der Waals surface area contributed by atoms with Gasteiger partial charge in [0, 0.05) is 17.5 Å². The molecular weight excluding hydrogens is 292 g/mol. The Kier molecular flexibility index (Phi) is 7.36. The van der Waals surface area contributed by atoms with Crippen LogP contribution in [0.4, 0.5) is 0 Å². The van der Waals surface area contributed by atoms with E-state index in [-0.39, 0.29) is 0 Å². The van der Waals surface area contributed by atoms with Crippen LogP contribution in [-0.2, 0) is 10.1 Å². The van der Waals surface area contributed by atoms with Crippen molar-refractivity contribution < 1.29 is 9.47 Å². The molecule has 0 amide bonds. The number of para-hydroxylation sites is 1. The standard InChI is InChI=1S/C15H23BrO2/c1-12(2)7-8-17-9-10-18-15-13(3)5-4-6-14(15)11-16/h4-6,12H,7-11H2,1-3H3. The summed E-state index contributed by atoms with van der Waals surface area (Å²) in [5, 5.41) is 0.818. The Morgan fingerprint density at radius 2 is 1.94 bits per heavy atom. The second kappa shape index (κ2) is 8.54. The Labute approximate surface area is 119 Å². The van der Waals surface area contributed by atoms with E-state index >= 15 is 0 Å². The molecule has 0 radical (unpaired) electrons. The molecule has 0 aromatic heterocycles. The smallest absolute Gasteiger partial charge is 0.126 e. The van der Waals surface area contributed by atoms with Crippen LogP contribution in [0.15, 0.2) is 18.2 Å². The zero-order valence-electron chi connectivity index (χ0n) is 11.5. The SMILES string of the molecule is Cc1cccc(CBr)c1OCCOCCC(C)C. The fourth-order valence-electron chi connectivity index (χ4n) is 1.65. The fraction of sp³-hybridized carbons (Fsp3) is 0.600. The minimum Gasteiger partial charge on any atom is -0.491 e. The Morgan fingerprint density at radius 3 is 2.61 bits per heavy atom. The molecule has 1 aromatic carbocycles. The molecule has 0 bridgehead atoms. The summed E-state index contributed by atoms with van der Waals surface area (Å²) in [6.07, 6.45) is 1.11. The first kappa shape index (κ1) is 15.5. The lowest BCUT2D eigenvalue weighted by molar-refractivity contribution is 0.0921. The van der Waals surface area contributed by atoms with Gasteiger partial charge in [0.15, 0.2) is 0 Å². The average molecular weight is 315 g/mol. The van der Waals surface area contributed by atoms with Crippen LogP contribution in [0.25, 0.3) is 0 Å². The first-order valence-electron chi connectivity index (χ1n) is 6.50. The number of hydrogen-bond donors (Lipinski definition) is 0. The number of alkyl halides is 1. The summed E-state index contributed by atoms with van der Waals surface area (Å²) in [6.45, 7) is 8.57. The lowest BCUT2D eigenvalue weighted by atomic mass is 10.1. The quantitative estimate of drug-likeness (QED) is 0.525. The summed E-state index contributed by atoms with van der Waals surface area (Å²) in [7, 11) is 0. The molecule has 0 heterocycles. The van der Waals surface area contributed by atoms with E-state index in [4.69, 9.17) is 9.47 Å². The van der Waals surface area contributed by atoms with Crippen molar-refractivity contribution in [2.24, 2.45) is 5.92 Å². The van der Waals surface area contributed by atoms with E-state index in [1.165, 1.54) is 11.1 Å². The second-order valence-electron chi connectivity index (χ2n) is 4.84. The van der Waals surface area contributed by atoms with E-state index < -0.39 is 0 Å². The van der Waals surface area contributed by atoms with Crippen LogP contribution in [0.3, 0.4) is 0 Å². The monoisotopic (exact) mass is 314 g/mol. The molecule has 0 aliphatic rings. The van der Waals surface area contributed by atoms with Gasteiger partial charge in [-0.3, -0.25) is 0 Å². The van der Waals surface area contributed by atoms with Crippen LogP contribution in [0.1, 0.15) is 31.4 Å². The third kappa shape index (κ3) is 5.40. The van der Waals surface area contributed by atoms with E-state index in [0.29, 0.717) is 19.1 Å². The summed E-state index contributed by atoms with van der Waals surface area (Å²) in [6, 6.07) is 6.20. The highest BCUT2D eigenvalue weighted by Gasteiger charge is 2.05. The first-order chi connectivity index (χ1) is 8.65. The van der Waals surface area contributed by atoms with Gasteiger partial charge in [-0.25, -0.2) is 0 Å². The van der Waals surface area contributed by atoms with E-state index in [1.54, 1.807) is 0 Å². The van der Waals surface area contributed by atoms with Crippen LogP contribution in [-0.4, -0.2) is 19.8 Å². The number of hydrogen-bond acceptors (Lipinski definition) is 2. The van der Waals surface area contributed by atoms with Gasteiger partial charge in [-0.05, 0) is 24.8 Å². The van der Waals surface area contributed by atoms with Crippen LogP contribution in [0, 0.1) is 12.8 Å². The number of benzene rings is 1. The van der Waals surface area contributed by atoms with Crippen molar-refractivity contribution in [3.05, 3.63) is 29.3 Å². The molecule has 0 aliphatic carbocycles. The maximum absolute atomic E-state index is 5.81. The van der Waals surface area contributed by atoms with Crippen LogP contribution in [0.2, 0.25) is 0 Å². The van der Waals surface area contributed by atoms with Gasteiger partial charge >= 0.3 is 0 Å². The van der Waals surface area contributed by atoms with Gasteiger partial charge < -0.3 is 9.47 Å². The lowest BCUT2D eigenvalue weighted by Gasteiger charge is -2.13. The van der Waals surface area contributed by atoms with Crippen LogP contribution >= 0.6 is 15.9 Å². The van der Waals surface area contributed by atoms with Crippen molar-refractivity contribution in [3.8, 4) is 5.75 Å². The molecule has 0 saturated heterocycles. The molecule has 0 N–H and O–H groups in total. The van der Waals surface area contributed by atoms with E-state index in [0.717, 1.165) is 24.1 Å². The lowest BCUT2D eigenvalue weighted by Crippen LogP contribution is -2.10. The second-order valence-corrected chi connectivity index (χ2v) is 5.40. The van der Waals surface area contributed by atoms with Gasteiger partial charge in [-0.15, -0.1) is 0 Å². The molecule has 0 saturated carbocycles. The highest BCUT2D eigenvalue weighted by Crippen LogP contribution is 2.25. The normalized spacial score (nSPS) is 10.9. The zero-order chi connectivity index (χ0) is 13.4. The minimum absolute atomic E-state index is 0.614. The molecule has 0 spiro atoms. The summed E-state index contributed by atoms with van der Waals surface area (Å²) in [5.41, 5.74) is 2.37. The molecule has 0 aliphatic heterocycles. The molecule has 1 aromatic rings. The zero-order valence-corrected chi connectivity index (χ0v) is 13.1. The van der Waals surface area contributed by atoms with E-state index in [2.05, 4.69) is 54.9 Å². The van der Waals surface area contributed by atoms with Gasteiger partial charge in [-0.2, -0.15) is 0 Å². The number of ether oxygens (including phenoxy) is 2. The maximum Gasteiger partial charge on any atom is 0.126 e. The van der Waals surface area contributed by atoms with Crippen molar-refractivity contribution >= 4 is 15.9 Å². The van der Waals surface area contributed by atoms with Gasteiger partial charge in [0.25, 0.3) is 0 Å². The third-order valence-electron chi connectivity index (χ3n) is 2.75. The van der Waals surface area contributed by atoms with Crippen molar-refractivity contribution in [1.29, 1.82) is 0 Å². The Hall–Kier alpha value is -0.540. The Balaban J connectivity index is 2.31. The predicted octanol–water partition coefficient (Wildman–Crippen LogP) is 4.33.